The number of benzene rings is 1. The van der Waals surface area contributed by atoms with E-state index in [9.17, 15) is 13.2 Å². The topological polar surface area (TPSA) is 35.6 Å². The number of aryl methyl sites for hydroxylation is 1. The van der Waals surface area contributed by atoms with Crippen LogP contribution in [0, 0.1) is 3.57 Å². The summed E-state index contributed by atoms with van der Waals surface area (Å²) < 4.78 is 44.3. The molecule has 0 aliphatic carbocycles. The Morgan fingerprint density at radius 1 is 1.27 bits per heavy atom. The van der Waals surface area contributed by atoms with Crippen LogP contribution in [0.5, 0.6) is 0 Å². The fourth-order valence-corrected chi connectivity index (χ4v) is 3.83. The minimum absolute atomic E-state index is 0.540. The molecule has 0 fully saturated rings. The second-order valence-electron chi connectivity index (χ2n) is 5.83. The fourth-order valence-electron chi connectivity index (χ4n) is 2.83. The van der Waals surface area contributed by atoms with Crippen molar-refractivity contribution in [2.24, 2.45) is 7.05 Å². The third-order valence-corrected chi connectivity index (χ3v) is 5.07. The van der Waals surface area contributed by atoms with Crippen molar-refractivity contribution in [2.45, 2.75) is 25.9 Å². The van der Waals surface area contributed by atoms with E-state index in [1.807, 2.05) is 24.7 Å². The first-order valence-corrected chi connectivity index (χ1v) is 9.72. The minimum atomic E-state index is -4.36. The Kier molecular flexibility index (Phi) is 5.48. The molecule has 3 rings (SSSR count). The van der Waals surface area contributed by atoms with Crippen LogP contribution in [0.3, 0.4) is 0 Å². The molecule has 138 valence electrons. The van der Waals surface area contributed by atoms with Crippen molar-refractivity contribution in [3.63, 3.8) is 0 Å². The maximum absolute atomic E-state index is 13.1. The monoisotopic (exact) mass is 538 g/mol. The van der Waals surface area contributed by atoms with E-state index in [0.29, 0.717) is 33.8 Å². The second-order valence-corrected chi connectivity index (χ2v) is 7.83. The van der Waals surface area contributed by atoms with Crippen molar-refractivity contribution in [2.75, 3.05) is 0 Å². The molecule has 0 amide bonds. The lowest BCUT2D eigenvalue weighted by atomic mass is 9.99. The van der Waals surface area contributed by atoms with E-state index >= 15 is 0 Å². The molecular weight excluding hydrogens is 524 g/mol. The summed E-state index contributed by atoms with van der Waals surface area (Å²) in [5.41, 5.74) is 0.681. The first-order valence-electron chi connectivity index (χ1n) is 7.85. The number of rotatable bonds is 4. The van der Waals surface area contributed by atoms with Crippen LogP contribution in [0.4, 0.5) is 13.2 Å². The van der Waals surface area contributed by atoms with Gasteiger partial charge in [0.05, 0.1) is 15.3 Å². The van der Waals surface area contributed by atoms with Gasteiger partial charge in [0.2, 0.25) is 0 Å². The molecule has 0 unspecified atom stereocenters. The number of hydrogen-bond acceptors (Lipinski definition) is 2. The van der Waals surface area contributed by atoms with Crippen LogP contribution in [0.25, 0.3) is 17.2 Å². The van der Waals surface area contributed by atoms with Gasteiger partial charge in [0.1, 0.15) is 5.82 Å². The first kappa shape index (κ1) is 19.4. The van der Waals surface area contributed by atoms with Crippen LogP contribution in [0.15, 0.2) is 35.2 Å². The molecule has 0 aliphatic heterocycles. The van der Waals surface area contributed by atoms with E-state index in [4.69, 9.17) is 0 Å². The molecule has 0 N–H and O–H groups in total. The summed E-state index contributed by atoms with van der Waals surface area (Å²) >= 11 is 5.61. The van der Waals surface area contributed by atoms with Crippen LogP contribution in [0.2, 0.25) is 0 Å². The lowest BCUT2D eigenvalue weighted by molar-refractivity contribution is -0.137. The molecule has 0 bridgehead atoms. The van der Waals surface area contributed by atoms with Gasteiger partial charge in [-0.2, -0.15) is 18.3 Å². The second kappa shape index (κ2) is 7.34. The number of hydrogen-bond donors (Lipinski definition) is 0. The molecule has 9 heteroatoms. The maximum atomic E-state index is 13.1. The van der Waals surface area contributed by atoms with Crippen molar-refractivity contribution in [1.29, 1.82) is 0 Å². The highest BCUT2D eigenvalue weighted by Crippen LogP contribution is 2.35. The molecule has 3 aromatic rings. The Morgan fingerprint density at radius 3 is 2.58 bits per heavy atom. The van der Waals surface area contributed by atoms with E-state index in [-0.39, 0.29) is 0 Å². The normalized spacial score (nSPS) is 12.0. The summed E-state index contributed by atoms with van der Waals surface area (Å²) in [6.45, 7) is 1.94. The molecule has 0 atom stereocenters. The van der Waals surface area contributed by atoms with Crippen molar-refractivity contribution in [3.05, 3.63) is 49.9 Å². The van der Waals surface area contributed by atoms with Crippen molar-refractivity contribution < 1.29 is 13.2 Å². The lowest BCUT2D eigenvalue weighted by Gasteiger charge is -2.14. The smallest absolute Gasteiger partial charge is 0.311 e. The molecular formula is C17H15BrF3IN4. The molecule has 0 aliphatic rings. The SMILES string of the molecule is CCCc1cc(C(F)(F)F)ccc1-c1nc(Br)c(-n2cc(I)cn2)n1C. The lowest BCUT2D eigenvalue weighted by Crippen LogP contribution is -2.08. The summed E-state index contributed by atoms with van der Waals surface area (Å²) in [5, 5.41) is 4.29. The number of aromatic nitrogens is 4. The molecule has 2 aromatic heterocycles. The zero-order valence-electron chi connectivity index (χ0n) is 14.0. The number of alkyl halides is 3. The number of halogens is 5. The van der Waals surface area contributed by atoms with Crippen LogP contribution < -0.4 is 0 Å². The Hall–Kier alpha value is -1.36. The van der Waals surface area contributed by atoms with Crippen LogP contribution in [-0.4, -0.2) is 19.3 Å². The van der Waals surface area contributed by atoms with Gasteiger partial charge in [-0.05, 0) is 62.6 Å². The van der Waals surface area contributed by atoms with Crippen molar-refractivity contribution >= 4 is 38.5 Å². The summed E-state index contributed by atoms with van der Waals surface area (Å²) in [4.78, 5) is 4.54. The molecule has 4 nitrogen and oxygen atoms in total. The van der Waals surface area contributed by atoms with E-state index in [2.05, 4.69) is 48.6 Å². The Morgan fingerprint density at radius 2 is 2.00 bits per heavy atom. The third kappa shape index (κ3) is 3.68. The first-order chi connectivity index (χ1) is 12.2. The fraction of sp³-hybridized carbons (Fsp3) is 0.294. The Labute approximate surface area is 170 Å². The quantitative estimate of drug-likeness (QED) is 0.405. The molecule has 2 heterocycles. The van der Waals surface area contributed by atoms with E-state index in [1.54, 1.807) is 10.9 Å². The van der Waals surface area contributed by atoms with Gasteiger partial charge in [-0.3, -0.25) is 0 Å². The summed E-state index contributed by atoms with van der Waals surface area (Å²) in [7, 11) is 1.82. The van der Waals surface area contributed by atoms with Crippen molar-refractivity contribution in [1.82, 2.24) is 19.3 Å². The molecule has 1 aromatic carbocycles. The van der Waals surface area contributed by atoms with Gasteiger partial charge in [-0.25, -0.2) is 9.67 Å². The summed E-state index contributed by atoms with van der Waals surface area (Å²) in [5.74, 6) is 1.31. The summed E-state index contributed by atoms with van der Waals surface area (Å²) in [6.07, 6.45) is 0.495. The van der Waals surface area contributed by atoms with E-state index in [0.717, 1.165) is 16.1 Å². The average molecular weight is 539 g/mol. The van der Waals surface area contributed by atoms with Gasteiger partial charge in [0.15, 0.2) is 10.4 Å². The van der Waals surface area contributed by atoms with Gasteiger partial charge in [0, 0.05) is 18.8 Å². The highest BCUT2D eigenvalue weighted by Gasteiger charge is 2.31. The Bertz CT molecular complexity index is 946. The highest BCUT2D eigenvalue weighted by molar-refractivity contribution is 14.1. The average Bonchev–Trinajstić information content (AvgIpc) is 3.10. The molecule has 0 radical (unpaired) electrons. The molecule has 0 saturated carbocycles. The molecule has 26 heavy (non-hydrogen) atoms. The van der Waals surface area contributed by atoms with Crippen molar-refractivity contribution in [3.8, 4) is 17.2 Å². The number of nitrogens with zero attached hydrogens (tertiary/aromatic N) is 4. The van der Waals surface area contributed by atoms with Gasteiger partial charge >= 0.3 is 6.18 Å². The zero-order valence-corrected chi connectivity index (χ0v) is 17.7. The Balaban J connectivity index is 2.15. The van der Waals surface area contributed by atoms with E-state index < -0.39 is 11.7 Å². The van der Waals surface area contributed by atoms with Crippen LogP contribution >= 0.6 is 38.5 Å². The summed E-state index contributed by atoms with van der Waals surface area (Å²) in [6, 6.07) is 3.82. The number of imidazole rings is 1. The van der Waals surface area contributed by atoms with Gasteiger partial charge in [-0.1, -0.05) is 19.4 Å². The van der Waals surface area contributed by atoms with Crippen LogP contribution in [0.1, 0.15) is 24.5 Å². The van der Waals surface area contributed by atoms with E-state index in [1.165, 1.54) is 12.1 Å². The predicted molar refractivity (Wildman–Crippen MR) is 105 cm³/mol. The third-order valence-electron chi connectivity index (χ3n) is 3.98. The molecule has 0 saturated heterocycles. The minimum Gasteiger partial charge on any atom is -0.311 e. The van der Waals surface area contributed by atoms with Gasteiger partial charge in [-0.15, -0.1) is 0 Å². The largest absolute Gasteiger partial charge is 0.416 e. The molecule has 0 spiro atoms. The van der Waals surface area contributed by atoms with Gasteiger partial charge in [0.25, 0.3) is 0 Å². The predicted octanol–water partition coefficient (Wildman–Crippen LogP) is 5.61. The maximum Gasteiger partial charge on any atom is 0.416 e. The highest BCUT2D eigenvalue weighted by atomic mass is 127. The zero-order chi connectivity index (χ0) is 19.1. The van der Waals surface area contributed by atoms with Gasteiger partial charge < -0.3 is 4.57 Å². The van der Waals surface area contributed by atoms with Crippen LogP contribution in [-0.2, 0) is 19.6 Å². The standard InChI is InChI=1S/C17H15BrF3IN4/c1-3-4-10-7-11(17(19,20)21)5-6-13(10)15-24-14(18)16(25(15)2)26-9-12(22)8-23-26/h5-9H,3-4H2,1-2H3.